The lowest BCUT2D eigenvalue weighted by molar-refractivity contribution is -0.140. The third kappa shape index (κ3) is 3.19. The molecule has 0 aliphatic heterocycles. The number of carboxylic acids is 1. The number of halogens is 1. The molecular formula is C13H18FNO2. The molecule has 2 atom stereocenters. The van der Waals surface area contributed by atoms with Gasteiger partial charge in [-0.25, -0.2) is 4.39 Å². The van der Waals surface area contributed by atoms with Gasteiger partial charge in [0.2, 0.25) is 0 Å². The van der Waals surface area contributed by atoms with E-state index in [9.17, 15) is 14.3 Å². The summed E-state index contributed by atoms with van der Waals surface area (Å²) in [6, 6.07) is 3.88. The van der Waals surface area contributed by atoms with Gasteiger partial charge in [-0.15, -0.1) is 0 Å². The van der Waals surface area contributed by atoms with Gasteiger partial charge in [0.25, 0.3) is 0 Å². The molecule has 94 valence electrons. The van der Waals surface area contributed by atoms with Crippen LogP contribution in [0, 0.1) is 11.7 Å². The zero-order valence-electron chi connectivity index (χ0n) is 10.1. The van der Waals surface area contributed by atoms with Crippen LogP contribution in [-0.4, -0.2) is 11.1 Å². The van der Waals surface area contributed by atoms with Gasteiger partial charge in [-0.1, -0.05) is 20.3 Å². The number of benzene rings is 1. The van der Waals surface area contributed by atoms with Crippen LogP contribution in [0.4, 0.5) is 10.1 Å². The summed E-state index contributed by atoms with van der Waals surface area (Å²) in [6.45, 7) is 3.84. The van der Waals surface area contributed by atoms with E-state index in [4.69, 9.17) is 5.73 Å². The molecule has 0 aliphatic carbocycles. The molecule has 2 unspecified atom stereocenters. The van der Waals surface area contributed by atoms with Gasteiger partial charge in [-0.05, 0) is 36.1 Å². The van der Waals surface area contributed by atoms with Crippen LogP contribution in [0.15, 0.2) is 18.2 Å². The standard InChI is InChI=1S/C13H18FNO2/c1-3-4-8(2)12(13(16)17)10-7-9(14)5-6-11(10)15/h5-8,12H,3-4,15H2,1-2H3,(H,16,17). The smallest absolute Gasteiger partial charge is 0.311 e. The predicted molar refractivity (Wildman–Crippen MR) is 65.3 cm³/mol. The zero-order chi connectivity index (χ0) is 13.0. The molecule has 4 heteroatoms. The third-order valence-corrected chi connectivity index (χ3v) is 2.96. The van der Waals surface area contributed by atoms with E-state index in [-0.39, 0.29) is 5.92 Å². The van der Waals surface area contributed by atoms with Gasteiger partial charge in [-0.3, -0.25) is 4.79 Å². The Kier molecular flexibility index (Phi) is 4.49. The zero-order valence-corrected chi connectivity index (χ0v) is 10.1. The van der Waals surface area contributed by atoms with E-state index in [0.29, 0.717) is 11.3 Å². The molecule has 0 aromatic heterocycles. The summed E-state index contributed by atoms with van der Waals surface area (Å²) in [7, 11) is 0. The molecule has 0 bridgehead atoms. The Labute approximate surface area is 100 Å². The Hall–Kier alpha value is -1.58. The van der Waals surface area contributed by atoms with Gasteiger partial charge in [0.15, 0.2) is 0 Å². The fourth-order valence-corrected chi connectivity index (χ4v) is 2.12. The van der Waals surface area contributed by atoms with Crippen molar-refractivity contribution in [3.8, 4) is 0 Å². The average Bonchev–Trinajstić information content (AvgIpc) is 2.23. The summed E-state index contributed by atoms with van der Waals surface area (Å²) in [5, 5.41) is 9.26. The maximum absolute atomic E-state index is 13.2. The van der Waals surface area contributed by atoms with Gasteiger partial charge in [0.05, 0.1) is 5.92 Å². The van der Waals surface area contributed by atoms with Crippen molar-refractivity contribution in [1.82, 2.24) is 0 Å². The minimum atomic E-state index is -0.955. The summed E-state index contributed by atoms with van der Waals surface area (Å²) in [5.74, 6) is -2.22. The Bertz CT molecular complexity index is 406. The topological polar surface area (TPSA) is 63.3 Å². The van der Waals surface area contributed by atoms with Crippen molar-refractivity contribution >= 4 is 11.7 Å². The highest BCUT2D eigenvalue weighted by atomic mass is 19.1. The first-order valence-electron chi connectivity index (χ1n) is 5.75. The van der Waals surface area contributed by atoms with E-state index in [1.165, 1.54) is 18.2 Å². The molecule has 3 nitrogen and oxygen atoms in total. The number of rotatable bonds is 5. The SMILES string of the molecule is CCCC(C)C(C(=O)O)c1cc(F)ccc1N. The number of nitrogens with two attached hydrogens (primary N) is 1. The van der Waals surface area contributed by atoms with E-state index in [1.54, 1.807) is 0 Å². The maximum Gasteiger partial charge on any atom is 0.311 e. The Morgan fingerprint density at radius 3 is 2.71 bits per heavy atom. The van der Waals surface area contributed by atoms with Gasteiger partial charge in [0, 0.05) is 5.69 Å². The number of anilines is 1. The summed E-state index contributed by atoms with van der Waals surface area (Å²) < 4.78 is 13.2. The number of nitrogen functional groups attached to an aromatic ring is 1. The molecule has 0 saturated carbocycles. The molecule has 0 heterocycles. The van der Waals surface area contributed by atoms with Crippen molar-refractivity contribution < 1.29 is 14.3 Å². The van der Waals surface area contributed by atoms with Crippen molar-refractivity contribution in [2.24, 2.45) is 5.92 Å². The number of hydrogen-bond donors (Lipinski definition) is 2. The number of carbonyl (C=O) groups is 1. The Morgan fingerprint density at radius 1 is 1.53 bits per heavy atom. The average molecular weight is 239 g/mol. The summed E-state index contributed by atoms with van der Waals surface area (Å²) >= 11 is 0. The van der Waals surface area contributed by atoms with E-state index in [1.807, 2.05) is 13.8 Å². The molecule has 0 spiro atoms. The lowest BCUT2D eigenvalue weighted by Gasteiger charge is -2.21. The minimum absolute atomic E-state index is 0.0680. The summed E-state index contributed by atoms with van der Waals surface area (Å²) in [6.07, 6.45) is 1.66. The maximum atomic E-state index is 13.2. The van der Waals surface area contributed by atoms with Gasteiger partial charge < -0.3 is 10.8 Å². The largest absolute Gasteiger partial charge is 0.481 e. The summed E-state index contributed by atoms with van der Waals surface area (Å²) in [5.41, 5.74) is 6.44. The first-order valence-corrected chi connectivity index (χ1v) is 5.75. The highest BCUT2D eigenvalue weighted by Gasteiger charge is 2.28. The van der Waals surface area contributed by atoms with Crippen LogP contribution in [0.1, 0.15) is 38.2 Å². The van der Waals surface area contributed by atoms with Crippen molar-refractivity contribution in [2.45, 2.75) is 32.6 Å². The number of carboxylic acid groups (broad SMARTS) is 1. The van der Waals surface area contributed by atoms with E-state index >= 15 is 0 Å². The van der Waals surface area contributed by atoms with Crippen LogP contribution >= 0.6 is 0 Å². The predicted octanol–water partition coefficient (Wildman–Crippen LogP) is 3.01. The molecule has 1 aromatic rings. The van der Waals surface area contributed by atoms with Crippen LogP contribution in [0.3, 0.4) is 0 Å². The van der Waals surface area contributed by atoms with Gasteiger partial charge in [-0.2, -0.15) is 0 Å². The van der Waals surface area contributed by atoms with Crippen molar-refractivity contribution in [3.05, 3.63) is 29.6 Å². The molecule has 0 amide bonds. The second kappa shape index (κ2) is 5.66. The van der Waals surface area contributed by atoms with Crippen LogP contribution < -0.4 is 5.73 Å². The van der Waals surface area contributed by atoms with Crippen LogP contribution in [-0.2, 0) is 4.79 Å². The van der Waals surface area contributed by atoms with E-state index in [2.05, 4.69) is 0 Å². The fourth-order valence-electron chi connectivity index (χ4n) is 2.12. The quantitative estimate of drug-likeness (QED) is 0.776. The van der Waals surface area contributed by atoms with Gasteiger partial charge in [0.1, 0.15) is 5.82 Å². The minimum Gasteiger partial charge on any atom is -0.481 e. The summed E-state index contributed by atoms with van der Waals surface area (Å²) in [4.78, 5) is 11.3. The first kappa shape index (κ1) is 13.5. The molecular weight excluding hydrogens is 221 g/mol. The molecule has 0 aliphatic rings. The Morgan fingerprint density at radius 2 is 2.18 bits per heavy atom. The van der Waals surface area contributed by atoms with Crippen LogP contribution in [0.25, 0.3) is 0 Å². The van der Waals surface area contributed by atoms with Crippen molar-refractivity contribution in [2.75, 3.05) is 5.73 Å². The van der Waals surface area contributed by atoms with Crippen molar-refractivity contribution in [3.63, 3.8) is 0 Å². The van der Waals surface area contributed by atoms with Crippen LogP contribution in [0.2, 0.25) is 0 Å². The molecule has 0 fully saturated rings. The lowest BCUT2D eigenvalue weighted by Crippen LogP contribution is -2.21. The molecule has 0 saturated heterocycles. The lowest BCUT2D eigenvalue weighted by atomic mass is 9.84. The van der Waals surface area contributed by atoms with Gasteiger partial charge >= 0.3 is 5.97 Å². The van der Waals surface area contributed by atoms with Crippen molar-refractivity contribution in [1.29, 1.82) is 0 Å². The highest BCUT2D eigenvalue weighted by Crippen LogP contribution is 2.32. The fraction of sp³-hybridized carbons (Fsp3) is 0.462. The number of hydrogen-bond acceptors (Lipinski definition) is 2. The highest BCUT2D eigenvalue weighted by molar-refractivity contribution is 5.79. The van der Waals surface area contributed by atoms with E-state index < -0.39 is 17.7 Å². The molecule has 1 rings (SSSR count). The molecule has 3 N–H and O–H groups in total. The normalized spacial score (nSPS) is 14.3. The monoisotopic (exact) mass is 239 g/mol. The Balaban J connectivity index is 3.13. The molecule has 0 radical (unpaired) electrons. The molecule has 1 aromatic carbocycles. The second-order valence-corrected chi connectivity index (χ2v) is 4.36. The first-order chi connectivity index (χ1) is 7.97. The molecule has 17 heavy (non-hydrogen) atoms. The second-order valence-electron chi connectivity index (χ2n) is 4.36. The van der Waals surface area contributed by atoms with E-state index in [0.717, 1.165) is 12.8 Å². The third-order valence-electron chi connectivity index (χ3n) is 2.96. The van der Waals surface area contributed by atoms with Crippen LogP contribution in [0.5, 0.6) is 0 Å². The number of aliphatic carboxylic acids is 1.